The van der Waals surface area contributed by atoms with Crippen molar-refractivity contribution in [3.05, 3.63) is 58.0 Å². The van der Waals surface area contributed by atoms with Gasteiger partial charge in [-0.1, -0.05) is 43.1 Å². The molecular weight excluding hydrogens is 331 g/mol. The fourth-order valence-electron chi connectivity index (χ4n) is 2.67. The Hall–Kier alpha value is -1.71. The third kappa shape index (κ3) is 3.04. The number of furan rings is 1. The van der Waals surface area contributed by atoms with E-state index < -0.39 is 0 Å². The van der Waals surface area contributed by atoms with Crippen molar-refractivity contribution in [3.63, 3.8) is 0 Å². The number of imidazole rings is 1. The van der Waals surface area contributed by atoms with Crippen LogP contribution in [0.5, 0.6) is 0 Å². The third-order valence-corrected chi connectivity index (χ3v) is 4.32. The van der Waals surface area contributed by atoms with E-state index in [1.807, 2.05) is 41.8 Å². The summed E-state index contributed by atoms with van der Waals surface area (Å²) in [5, 5.41) is 1.17. The SMILES string of the molecule is Cc1c(CC(C)C)nc(-c2ccco2)n1-c1c(Cl)cccc1Cl. The number of benzene rings is 1. The first-order valence-electron chi connectivity index (χ1n) is 7.55. The summed E-state index contributed by atoms with van der Waals surface area (Å²) >= 11 is 12.8. The zero-order valence-corrected chi connectivity index (χ0v) is 14.8. The lowest BCUT2D eigenvalue weighted by Gasteiger charge is -2.13. The Kier molecular flexibility index (Phi) is 4.51. The van der Waals surface area contributed by atoms with Gasteiger partial charge < -0.3 is 4.42 Å². The summed E-state index contributed by atoms with van der Waals surface area (Å²) in [7, 11) is 0. The second kappa shape index (κ2) is 6.42. The van der Waals surface area contributed by atoms with Gasteiger partial charge in [0.25, 0.3) is 0 Å². The van der Waals surface area contributed by atoms with E-state index in [1.165, 1.54) is 0 Å². The molecule has 0 aliphatic rings. The van der Waals surface area contributed by atoms with Gasteiger partial charge in [-0.25, -0.2) is 4.98 Å². The molecule has 0 amide bonds. The highest BCUT2D eigenvalue weighted by atomic mass is 35.5. The van der Waals surface area contributed by atoms with Crippen LogP contribution in [0.1, 0.15) is 25.2 Å². The molecule has 2 aromatic heterocycles. The second-order valence-electron chi connectivity index (χ2n) is 5.95. The van der Waals surface area contributed by atoms with Crippen molar-refractivity contribution >= 4 is 23.2 Å². The average molecular weight is 349 g/mol. The van der Waals surface area contributed by atoms with E-state index in [-0.39, 0.29) is 0 Å². The number of hydrogen-bond acceptors (Lipinski definition) is 2. The predicted molar refractivity (Wildman–Crippen MR) is 94.6 cm³/mol. The molecule has 1 aromatic carbocycles. The summed E-state index contributed by atoms with van der Waals surface area (Å²) in [5.74, 6) is 1.92. The monoisotopic (exact) mass is 348 g/mol. The van der Waals surface area contributed by atoms with Gasteiger partial charge in [-0.05, 0) is 43.5 Å². The smallest absolute Gasteiger partial charge is 0.181 e. The minimum atomic E-state index is 0.503. The molecule has 0 spiro atoms. The van der Waals surface area contributed by atoms with Gasteiger partial charge in [0, 0.05) is 5.69 Å². The van der Waals surface area contributed by atoms with Gasteiger partial charge in [-0.3, -0.25) is 4.57 Å². The lowest BCUT2D eigenvalue weighted by molar-refractivity contribution is 0.575. The molecule has 3 nitrogen and oxygen atoms in total. The maximum Gasteiger partial charge on any atom is 0.181 e. The number of nitrogens with zero attached hydrogens (tertiary/aromatic N) is 2. The standard InChI is InChI=1S/C18H18Cl2N2O/c1-11(2)10-15-12(3)22(17-13(19)6-4-7-14(17)20)18(21-15)16-8-5-9-23-16/h4-9,11H,10H2,1-3H3. The van der Waals surface area contributed by atoms with Gasteiger partial charge in [0.15, 0.2) is 11.6 Å². The van der Waals surface area contributed by atoms with Gasteiger partial charge >= 0.3 is 0 Å². The molecule has 0 saturated carbocycles. The molecule has 120 valence electrons. The molecule has 0 N–H and O–H groups in total. The summed E-state index contributed by atoms with van der Waals surface area (Å²) in [4.78, 5) is 4.80. The zero-order chi connectivity index (χ0) is 16.6. The Morgan fingerprint density at radius 1 is 1.13 bits per heavy atom. The second-order valence-corrected chi connectivity index (χ2v) is 6.76. The topological polar surface area (TPSA) is 31.0 Å². The van der Waals surface area contributed by atoms with E-state index in [2.05, 4.69) is 13.8 Å². The first-order valence-corrected chi connectivity index (χ1v) is 8.31. The number of halogens is 2. The fraction of sp³-hybridized carbons (Fsp3) is 0.278. The fourth-order valence-corrected chi connectivity index (χ4v) is 3.24. The van der Waals surface area contributed by atoms with Gasteiger partial charge in [-0.2, -0.15) is 0 Å². The van der Waals surface area contributed by atoms with Gasteiger partial charge in [0.05, 0.1) is 27.7 Å². The van der Waals surface area contributed by atoms with Crippen molar-refractivity contribution in [3.8, 4) is 17.3 Å². The van der Waals surface area contributed by atoms with E-state index in [0.717, 1.165) is 29.3 Å². The van der Waals surface area contributed by atoms with Crippen LogP contribution in [-0.2, 0) is 6.42 Å². The maximum absolute atomic E-state index is 6.42. The van der Waals surface area contributed by atoms with Crippen molar-refractivity contribution in [1.29, 1.82) is 0 Å². The van der Waals surface area contributed by atoms with E-state index >= 15 is 0 Å². The first kappa shape index (κ1) is 16.2. The molecule has 5 heteroatoms. The number of hydrogen-bond donors (Lipinski definition) is 0. The summed E-state index contributed by atoms with van der Waals surface area (Å²) in [6.07, 6.45) is 2.52. The largest absolute Gasteiger partial charge is 0.461 e. The van der Waals surface area contributed by atoms with E-state index in [1.54, 1.807) is 6.26 Å². The normalized spacial score (nSPS) is 11.4. The van der Waals surface area contributed by atoms with Crippen molar-refractivity contribution in [1.82, 2.24) is 9.55 Å². The minimum Gasteiger partial charge on any atom is -0.461 e. The molecular formula is C18H18Cl2N2O. The van der Waals surface area contributed by atoms with Crippen LogP contribution in [0.2, 0.25) is 10.0 Å². The Bertz CT molecular complexity index is 800. The number of rotatable bonds is 4. The highest BCUT2D eigenvalue weighted by Gasteiger charge is 2.22. The molecule has 0 aliphatic carbocycles. The minimum absolute atomic E-state index is 0.503. The molecule has 23 heavy (non-hydrogen) atoms. The van der Waals surface area contributed by atoms with Crippen molar-refractivity contribution in [2.75, 3.05) is 0 Å². The van der Waals surface area contributed by atoms with Gasteiger partial charge in [-0.15, -0.1) is 0 Å². The van der Waals surface area contributed by atoms with Crippen LogP contribution in [0.3, 0.4) is 0 Å². The summed E-state index contributed by atoms with van der Waals surface area (Å²) < 4.78 is 7.55. The Morgan fingerprint density at radius 2 is 1.83 bits per heavy atom. The van der Waals surface area contributed by atoms with Crippen LogP contribution in [-0.4, -0.2) is 9.55 Å². The Labute approximate surface area is 145 Å². The number of aromatic nitrogens is 2. The third-order valence-electron chi connectivity index (χ3n) is 3.71. The molecule has 3 aromatic rings. The number of para-hydroxylation sites is 1. The van der Waals surface area contributed by atoms with E-state index in [9.17, 15) is 0 Å². The molecule has 0 atom stereocenters. The zero-order valence-electron chi connectivity index (χ0n) is 13.3. The molecule has 2 heterocycles. The summed E-state index contributed by atoms with van der Waals surface area (Å²) in [5.41, 5.74) is 2.80. The van der Waals surface area contributed by atoms with E-state index in [4.69, 9.17) is 32.6 Å². The molecule has 0 bridgehead atoms. The molecule has 0 fully saturated rings. The highest BCUT2D eigenvalue weighted by Crippen LogP contribution is 2.35. The van der Waals surface area contributed by atoms with Crippen LogP contribution >= 0.6 is 23.2 Å². The van der Waals surface area contributed by atoms with Crippen LogP contribution < -0.4 is 0 Å². The average Bonchev–Trinajstić information content (AvgIpc) is 3.09. The van der Waals surface area contributed by atoms with Crippen LogP contribution in [0.15, 0.2) is 41.0 Å². The van der Waals surface area contributed by atoms with Crippen LogP contribution in [0, 0.1) is 12.8 Å². The molecule has 3 rings (SSSR count). The van der Waals surface area contributed by atoms with Crippen LogP contribution in [0.4, 0.5) is 0 Å². The van der Waals surface area contributed by atoms with Crippen molar-refractivity contribution in [2.24, 2.45) is 5.92 Å². The van der Waals surface area contributed by atoms with E-state index in [0.29, 0.717) is 21.7 Å². The van der Waals surface area contributed by atoms with Gasteiger partial charge in [0.2, 0.25) is 0 Å². The Morgan fingerprint density at radius 3 is 2.39 bits per heavy atom. The lowest BCUT2D eigenvalue weighted by Crippen LogP contribution is -2.02. The molecule has 0 saturated heterocycles. The quantitative estimate of drug-likeness (QED) is 0.583. The lowest BCUT2D eigenvalue weighted by atomic mass is 10.1. The predicted octanol–water partition coefficient (Wildman–Crippen LogP) is 5.95. The van der Waals surface area contributed by atoms with Gasteiger partial charge in [0.1, 0.15) is 0 Å². The van der Waals surface area contributed by atoms with Crippen molar-refractivity contribution in [2.45, 2.75) is 27.2 Å². The van der Waals surface area contributed by atoms with Crippen molar-refractivity contribution < 1.29 is 4.42 Å². The molecule has 0 aliphatic heterocycles. The molecule has 0 radical (unpaired) electrons. The van der Waals surface area contributed by atoms with Crippen LogP contribution in [0.25, 0.3) is 17.3 Å². The maximum atomic E-state index is 6.42. The first-order chi connectivity index (χ1) is 11.0. The highest BCUT2D eigenvalue weighted by molar-refractivity contribution is 6.37. The molecule has 0 unspecified atom stereocenters. The summed E-state index contributed by atoms with van der Waals surface area (Å²) in [6, 6.07) is 9.23. The summed E-state index contributed by atoms with van der Waals surface area (Å²) in [6.45, 7) is 6.39. The Balaban J connectivity index is 2.28.